The van der Waals surface area contributed by atoms with E-state index in [1.807, 2.05) is 6.07 Å². The van der Waals surface area contributed by atoms with Crippen LogP contribution in [0.1, 0.15) is 59.6 Å². The summed E-state index contributed by atoms with van der Waals surface area (Å²) in [6, 6.07) is 21.3. The van der Waals surface area contributed by atoms with Gasteiger partial charge in [-0.15, -0.1) is 0 Å². The van der Waals surface area contributed by atoms with Gasteiger partial charge in [-0.2, -0.15) is 0 Å². The van der Waals surface area contributed by atoms with Crippen molar-refractivity contribution < 1.29 is 10.2 Å². The highest BCUT2D eigenvalue weighted by atomic mass is 16.3. The van der Waals surface area contributed by atoms with Gasteiger partial charge in [0.25, 0.3) is 0 Å². The molecule has 0 radical (unpaired) electrons. The average Bonchev–Trinajstić information content (AvgIpc) is 2.87. The van der Waals surface area contributed by atoms with Crippen molar-refractivity contribution in [3.8, 4) is 5.75 Å². The Bertz CT molecular complexity index is 1080. The van der Waals surface area contributed by atoms with Gasteiger partial charge in [-0.3, -0.25) is 0 Å². The van der Waals surface area contributed by atoms with Crippen LogP contribution in [-0.4, -0.2) is 29.8 Å². The molecule has 3 aromatic rings. The second-order valence-electron chi connectivity index (χ2n) is 9.38. The van der Waals surface area contributed by atoms with Crippen molar-refractivity contribution in [3.05, 3.63) is 94.0 Å². The number of rotatable bonds is 10. The average molecular weight is 459 g/mol. The number of phenolic OH excluding ortho intramolecular Hbond substituents is 1. The molecular weight excluding hydrogens is 420 g/mol. The van der Waals surface area contributed by atoms with Gasteiger partial charge >= 0.3 is 0 Å². The van der Waals surface area contributed by atoms with Crippen molar-refractivity contribution in [2.75, 3.05) is 24.5 Å². The first-order valence-electron chi connectivity index (χ1n) is 12.7. The molecule has 0 bridgehead atoms. The molecule has 0 aromatic heterocycles. The van der Waals surface area contributed by atoms with E-state index in [9.17, 15) is 10.2 Å². The van der Waals surface area contributed by atoms with E-state index in [4.69, 9.17) is 0 Å². The van der Waals surface area contributed by atoms with E-state index in [-0.39, 0.29) is 6.61 Å². The van der Waals surface area contributed by atoms with Gasteiger partial charge in [0.05, 0.1) is 6.61 Å². The van der Waals surface area contributed by atoms with E-state index < -0.39 is 0 Å². The van der Waals surface area contributed by atoms with Crippen LogP contribution in [-0.2, 0) is 32.4 Å². The minimum Gasteiger partial charge on any atom is -0.508 e. The van der Waals surface area contributed by atoms with Crippen molar-refractivity contribution in [3.63, 3.8) is 0 Å². The summed E-state index contributed by atoms with van der Waals surface area (Å²) in [6.45, 7) is 8.17. The molecule has 34 heavy (non-hydrogen) atoms. The van der Waals surface area contributed by atoms with Gasteiger partial charge in [0.1, 0.15) is 5.75 Å². The number of anilines is 1. The van der Waals surface area contributed by atoms with Gasteiger partial charge < -0.3 is 20.4 Å². The monoisotopic (exact) mass is 458 g/mol. The summed E-state index contributed by atoms with van der Waals surface area (Å²) in [6.07, 6.45) is 4.09. The number of aromatic hydroxyl groups is 1. The van der Waals surface area contributed by atoms with E-state index in [2.05, 4.69) is 72.6 Å². The summed E-state index contributed by atoms with van der Waals surface area (Å²) >= 11 is 0. The summed E-state index contributed by atoms with van der Waals surface area (Å²) in [5.74, 6) is 0.789. The number of nitrogens with one attached hydrogen (secondary N) is 1. The van der Waals surface area contributed by atoms with Crippen LogP contribution in [0.3, 0.4) is 0 Å². The predicted molar refractivity (Wildman–Crippen MR) is 141 cm³/mol. The smallest absolute Gasteiger partial charge is 0.115 e. The molecule has 1 atom stereocenters. The second-order valence-corrected chi connectivity index (χ2v) is 9.38. The number of likely N-dealkylation sites (N-methyl/N-ethyl adjacent to an activating group) is 1. The molecule has 4 nitrogen and oxygen atoms in total. The van der Waals surface area contributed by atoms with E-state index >= 15 is 0 Å². The number of aliphatic hydroxyl groups is 1. The molecule has 1 aliphatic rings. The molecule has 1 aliphatic carbocycles. The van der Waals surface area contributed by atoms with Gasteiger partial charge in [0.15, 0.2) is 0 Å². The van der Waals surface area contributed by atoms with Crippen LogP contribution in [0.5, 0.6) is 5.75 Å². The summed E-state index contributed by atoms with van der Waals surface area (Å²) in [7, 11) is 0. The number of phenols is 1. The lowest BCUT2D eigenvalue weighted by atomic mass is 9.79. The van der Waals surface area contributed by atoms with Gasteiger partial charge in [0.2, 0.25) is 0 Å². The van der Waals surface area contributed by atoms with Gasteiger partial charge in [-0.05, 0) is 103 Å². The SMILES string of the molecule is CCNCCc1ccc(CN(CC)c2cc(CO)ccc2[C@@H]2CCc3cc(O)ccc3C2)cc1. The van der Waals surface area contributed by atoms with Crippen molar-refractivity contribution in [1.29, 1.82) is 0 Å². The summed E-state index contributed by atoms with van der Waals surface area (Å²) in [5, 5.41) is 23.1. The summed E-state index contributed by atoms with van der Waals surface area (Å²) in [5.41, 5.74) is 8.82. The molecule has 0 saturated carbocycles. The number of aryl methyl sites for hydroxylation is 1. The number of hydrogen-bond donors (Lipinski definition) is 3. The molecule has 0 saturated heterocycles. The Morgan fingerprint density at radius 1 is 0.912 bits per heavy atom. The van der Waals surface area contributed by atoms with Crippen LogP contribution < -0.4 is 10.2 Å². The van der Waals surface area contributed by atoms with Crippen LogP contribution in [0.2, 0.25) is 0 Å². The molecule has 4 rings (SSSR count). The molecule has 3 N–H and O–H groups in total. The lowest BCUT2D eigenvalue weighted by Gasteiger charge is -2.32. The summed E-state index contributed by atoms with van der Waals surface area (Å²) < 4.78 is 0. The maximum absolute atomic E-state index is 9.86. The van der Waals surface area contributed by atoms with Crippen molar-refractivity contribution in [2.24, 2.45) is 0 Å². The van der Waals surface area contributed by atoms with Gasteiger partial charge in [0, 0.05) is 18.8 Å². The van der Waals surface area contributed by atoms with Crippen molar-refractivity contribution in [1.82, 2.24) is 5.32 Å². The Hall–Kier alpha value is -2.82. The Morgan fingerprint density at radius 2 is 1.68 bits per heavy atom. The zero-order valence-electron chi connectivity index (χ0n) is 20.6. The first kappa shape index (κ1) is 24.3. The Labute approximate surface area is 204 Å². The third-order valence-corrected chi connectivity index (χ3v) is 7.09. The van der Waals surface area contributed by atoms with Crippen molar-refractivity contribution in [2.45, 2.75) is 58.6 Å². The van der Waals surface area contributed by atoms with E-state index in [1.54, 1.807) is 6.07 Å². The topological polar surface area (TPSA) is 55.7 Å². The zero-order chi connectivity index (χ0) is 23.9. The number of fused-ring (bicyclic) bond motifs is 1. The molecule has 3 aromatic carbocycles. The van der Waals surface area contributed by atoms with Crippen LogP contribution in [0, 0.1) is 0 Å². The first-order valence-corrected chi connectivity index (χ1v) is 12.7. The highest BCUT2D eigenvalue weighted by Gasteiger charge is 2.24. The fourth-order valence-electron chi connectivity index (χ4n) is 5.12. The van der Waals surface area contributed by atoms with E-state index in [1.165, 1.54) is 33.5 Å². The Balaban J connectivity index is 1.56. The first-order chi connectivity index (χ1) is 16.6. The molecule has 0 amide bonds. The van der Waals surface area contributed by atoms with Gasteiger partial charge in [-0.25, -0.2) is 0 Å². The fraction of sp³-hybridized carbons (Fsp3) is 0.400. The minimum atomic E-state index is 0.0537. The number of benzene rings is 3. The normalized spacial score (nSPS) is 15.2. The molecule has 0 heterocycles. The molecular formula is C30H38N2O2. The summed E-state index contributed by atoms with van der Waals surface area (Å²) in [4.78, 5) is 2.44. The maximum Gasteiger partial charge on any atom is 0.115 e. The largest absolute Gasteiger partial charge is 0.508 e. The molecule has 0 unspecified atom stereocenters. The highest BCUT2D eigenvalue weighted by molar-refractivity contribution is 5.58. The Kier molecular flexibility index (Phi) is 8.25. The number of nitrogens with zero attached hydrogens (tertiary/aromatic N) is 1. The standard InChI is InChI=1S/C30H38N2O2/c1-3-31-16-15-22-5-7-23(8-6-22)20-32(4-2)30-17-24(21-33)9-14-29(30)27-11-10-26-19-28(34)13-12-25(26)18-27/h5-9,12-14,17,19,27,31,33-34H,3-4,10-11,15-16,18,20-21H2,1-2H3/t27-/m1/s1. The van der Waals surface area contributed by atoms with Crippen molar-refractivity contribution >= 4 is 5.69 Å². The highest BCUT2D eigenvalue weighted by Crippen LogP contribution is 2.39. The van der Waals surface area contributed by atoms with Gasteiger partial charge in [-0.1, -0.05) is 49.4 Å². The minimum absolute atomic E-state index is 0.0537. The van der Waals surface area contributed by atoms with Crippen LogP contribution in [0.15, 0.2) is 60.7 Å². The lowest BCUT2D eigenvalue weighted by Crippen LogP contribution is -2.25. The molecule has 0 aliphatic heterocycles. The third kappa shape index (κ3) is 5.81. The van der Waals surface area contributed by atoms with E-state index in [0.29, 0.717) is 11.7 Å². The number of aliphatic hydroxyl groups excluding tert-OH is 1. The fourth-order valence-corrected chi connectivity index (χ4v) is 5.12. The zero-order valence-corrected chi connectivity index (χ0v) is 20.6. The Morgan fingerprint density at radius 3 is 2.41 bits per heavy atom. The lowest BCUT2D eigenvalue weighted by molar-refractivity contribution is 0.282. The molecule has 180 valence electrons. The quantitative estimate of drug-likeness (QED) is 0.359. The number of hydrogen-bond acceptors (Lipinski definition) is 4. The maximum atomic E-state index is 9.86. The van der Waals surface area contributed by atoms with E-state index in [0.717, 1.165) is 57.4 Å². The van der Waals surface area contributed by atoms with Crippen LogP contribution >= 0.6 is 0 Å². The second kappa shape index (κ2) is 11.5. The molecule has 4 heteroatoms. The van der Waals surface area contributed by atoms with Crippen LogP contribution in [0.25, 0.3) is 0 Å². The predicted octanol–water partition coefficient (Wildman–Crippen LogP) is 5.34. The molecule has 0 fully saturated rings. The third-order valence-electron chi connectivity index (χ3n) is 7.09. The van der Waals surface area contributed by atoms with Crippen LogP contribution in [0.4, 0.5) is 5.69 Å². The molecule has 0 spiro atoms.